The number of nitrogens with zero attached hydrogens (tertiary/aromatic N) is 1. The van der Waals surface area contributed by atoms with Crippen LogP contribution in [0.4, 0.5) is 0 Å². The van der Waals surface area contributed by atoms with E-state index < -0.39 is 0 Å². The van der Waals surface area contributed by atoms with Crippen molar-refractivity contribution >= 4 is 11.6 Å². The first-order chi connectivity index (χ1) is 7.66. The molecule has 0 amide bonds. The third-order valence-corrected chi connectivity index (χ3v) is 3.52. The fourth-order valence-corrected chi connectivity index (χ4v) is 2.38. The van der Waals surface area contributed by atoms with Gasteiger partial charge in [-0.2, -0.15) is 0 Å². The van der Waals surface area contributed by atoms with Crippen LogP contribution in [0, 0.1) is 11.8 Å². The largest absolute Gasteiger partial charge is 0.381 e. The smallest absolute Gasteiger partial charge is 0.152 e. The molecule has 0 aliphatic carbocycles. The van der Waals surface area contributed by atoms with Crippen LogP contribution in [0.25, 0.3) is 0 Å². The van der Waals surface area contributed by atoms with Gasteiger partial charge in [-0.1, -0.05) is 6.92 Å². The molecule has 0 aromatic rings. The highest BCUT2D eigenvalue weighted by molar-refractivity contribution is 5.84. The first-order valence-electron chi connectivity index (χ1n) is 6.02. The van der Waals surface area contributed by atoms with Crippen molar-refractivity contribution in [2.75, 3.05) is 32.8 Å². The molecule has 4 nitrogen and oxygen atoms in total. The van der Waals surface area contributed by atoms with Crippen molar-refractivity contribution < 1.29 is 14.3 Å². The van der Waals surface area contributed by atoms with Crippen LogP contribution in [0.5, 0.6) is 0 Å². The lowest BCUT2D eigenvalue weighted by molar-refractivity contribution is -0.129. The molecule has 2 atom stereocenters. The van der Waals surface area contributed by atoms with Crippen LogP contribution in [0.15, 0.2) is 0 Å². The Morgan fingerprint density at radius 3 is 3.00 bits per heavy atom. The van der Waals surface area contributed by atoms with Crippen LogP contribution in [-0.4, -0.2) is 49.3 Å². The molecule has 2 heterocycles. The van der Waals surface area contributed by atoms with Crippen molar-refractivity contribution in [3.05, 3.63) is 0 Å². The number of hydrogen-bond acceptors (Lipinski definition) is 4. The van der Waals surface area contributed by atoms with Gasteiger partial charge >= 0.3 is 0 Å². The number of ether oxygens (including phenoxy) is 1. The van der Waals surface area contributed by atoms with E-state index in [4.69, 9.17) is 4.74 Å². The third kappa shape index (κ3) is 2.68. The summed E-state index contributed by atoms with van der Waals surface area (Å²) in [5, 5.41) is 0. The van der Waals surface area contributed by atoms with Gasteiger partial charge in [-0.05, 0) is 6.42 Å². The van der Waals surface area contributed by atoms with Gasteiger partial charge in [0.15, 0.2) is 5.78 Å². The Labute approximate surface area is 95.9 Å². The highest BCUT2D eigenvalue weighted by Gasteiger charge is 2.28. The number of likely N-dealkylation sites (tertiary alicyclic amines) is 1. The van der Waals surface area contributed by atoms with Crippen molar-refractivity contribution in [1.82, 2.24) is 4.90 Å². The second-order valence-electron chi connectivity index (χ2n) is 4.88. The minimum absolute atomic E-state index is 0.0846. The van der Waals surface area contributed by atoms with E-state index in [1.165, 1.54) is 0 Å². The van der Waals surface area contributed by atoms with Crippen molar-refractivity contribution in [2.24, 2.45) is 11.8 Å². The fourth-order valence-electron chi connectivity index (χ4n) is 2.38. The zero-order valence-corrected chi connectivity index (χ0v) is 9.78. The number of ketones is 2. The minimum atomic E-state index is 0.0846. The summed E-state index contributed by atoms with van der Waals surface area (Å²) in [5.74, 6) is 0.779. The molecule has 2 aliphatic rings. The van der Waals surface area contributed by atoms with E-state index in [2.05, 4.69) is 4.90 Å². The van der Waals surface area contributed by atoms with Gasteiger partial charge in [-0.3, -0.25) is 14.5 Å². The molecule has 0 radical (unpaired) electrons. The second kappa shape index (κ2) is 5.06. The Morgan fingerprint density at radius 2 is 2.38 bits per heavy atom. The van der Waals surface area contributed by atoms with Gasteiger partial charge in [0.1, 0.15) is 5.78 Å². The molecule has 0 spiro atoms. The van der Waals surface area contributed by atoms with E-state index in [0.29, 0.717) is 32.0 Å². The summed E-state index contributed by atoms with van der Waals surface area (Å²) in [6.45, 7) is 5.20. The lowest BCUT2D eigenvalue weighted by Crippen LogP contribution is -2.43. The standard InChI is InChI=1S/C12H19NO3/c1-9-6-13(4-2-11(9)14)7-12(15)10-3-5-16-8-10/h9-10H,2-8H2,1H3. The van der Waals surface area contributed by atoms with E-state index in [1.54, 1.807) is 0 Å². The Bertz CT molecular complexity index is 284. The maximum absolute atomic E-state index is 11.9. The maximum atomic E-state index is 11.9. The molecule has 0 N–H and O–H groups in total. The van der Waals surface area contributed by atoms with Gasteiger partial charge in [-0.15, -0.1) is 0 Å². The van der Waals surface area contributed by atoms with E-state index in [9.17, 15) is 9.59 Å². The summed E-state index contributed by atoms with van der Waals surface area (Å²) in [6, 6.07) is 0. The number of carbonyl (C=O) groups excluding carboxylic acids is 2. The number of Topliss-reactive ketones (excluding diaryl/α,β-unsaturated/α-hetero) is 2. The molecule has 0 aromatic carbocycles. The van der Waals surface area contributed by atoms with Gasteiger partial charge in [-0.25, -0.2) is 0 Å². The Morgan fingerprint density at radius 1 is 1.56 bits per heavy atom. The zero-order valence-electron chi connectivity index (χ0n) is 9.78. The summed E-state index contributed by atoms with van der Waals surface area (Å²) in [6.07, 6.45) is 1.46. The fraction of sp³-hybridized carbons (Fsp3) is 0.833. The lowest BCUT2D eigenvalue weighted by atomic mass is 9.97. The molecule has 90 valence electrons. The first kappa shape index (κ1) is 11.7. The normalized spacial score (nSPS) is 31.9. The highest BCUT2D eigenvalue weighted by Crippen LogP contribution is 2.16. The second-order valence-corrected chi connectivity index (χ2v) is 4.88. The van der Waals surface area contributed by atoms with Crippen LogP contribution >= 0.6 is 0 Å². The van der Waals surface area contributed by atoms with Gasteiger partial charge in [0.05, 0.1) is 13.2 Å². The number of hydrogen-bond donors (Lipinski definition) is 0. The molecule has 2 fully saturated rings. The molecule has 2 aliphatic heterocycles. The van der Waals surface area contributed by atoms with Crippen LogP contribution < -0.4 is 0 Å². The van der Waals surface area contributed by atoms with E-state index >= 15 is 0 Å². The average Bonchev–Trinajstić information content (AvgIpc) is 2.77. The van der Waals surface area contributed by atoms with Crippen LogP contribution in [0.2, 0.25) is 0 Å². The van der Waals surface area contributed by atoms with E-state index in [-0.39, 0.29) is 17.6 Å². The maximum Gasteiger partial charge on any atom is 0.152 e. The molecular weight excluding hydrogens is 206 g/mol. The Kier molecular flexibility index (Phi) is 3.71. The van der Waals surface area contributed by atoms with Crippen molar-refractivity contribution in [2.45, 2.75) is 19.8 Å². The predicted molar refractivity (Wildman–Crippen MR) is 59.2 cm³/mol. The quantitative estimate of drug-likeness (QED) is 0.702. The van der Waals surface area contributed by atoms with Crippen LogP contribution in [-0.2, 0) is 14.3 Å². The number of piperidine rings is 1. The lowest BCUT2D eigenvalue weighted by Gasteiger charge is -2.29. The molecule has 0 saturated carbocycles. The molecule has 4 heteroatoms. The summed E-state index contributed by atoms with van der Waals surface area (Å²) >= 11 is 0. The van der Waals surface area contributed by atoms with Crippen LogP contribution in [0.3, 0.4) is 0 Å². The SMILES string of the molecule is CC1CN(CC(=O)C2CCOC2)CCC1=O. The summed E-state index contributed by atoms with van der Waals surface area (Å²) in [5.41, 5.74) is 0. The highest BCUT2D eigenvalue weighted by atomic mass is 16.5. The third-order valence-electron chi connectivity index (χ3n) is 3.52. The van der Waals surface area contributed by atoms with Crippen LogP contribution in [0.1, 0.15) is 19.8 Å². The Balaban J connectivity index is 1.80. The Hall–Kier alpha value is -0.740. The minimum Gasteiger partial charge on any atom is -0.381 e. The van der Waals surface area contributed by atoms with Gasteiger partial charge in [0, 0.05) is 38.0 Å². The van der Waals surface area contributed by atoms with Gasteiger partial charge in [0.25, 0.3) is 0 Å². The summed E-state index contributed by atoms with van der Waals surface area (Å²) in [7, 11) is 0. The molecule has 16 heavy (non-hydrogen) atoms. The van der Waals surface area contributed by atoms with Crippen molar-refractivity contribution in [3.8, 4) is 0 Å². The van der Waals surface area contributed by atoms with Gasteiger partial charge in [0.2, 0.25) is 0 Å². The van der Waals surface area contributed by atoms with Crippen molar-refractivity contribution in [3.63, 3.8) is 0 Å². The van der Waals surface area contributed by atoms with Gasteiger partial charge < -0.3 is 4.74 Å². The zero-order chi connectivity index (χ0) is 11.5. The van der Waals surface area contributed by atoms with Crippen molar-refractivity contribution in [1.29, 1.82) is 0 Å². The monoisotopic (exact) mass is 225 g/mol. The molecule has 0 aromatic heterocycles. The molecule has 0 bridgehead atoms. The number of rotatable bonds is 3. The molecule has 2 saturated heterocycles. The molecule has 2 unspecified atom stereocenters. The summed E-state index contributed by atoms with van der Waals surface area (Å²) < 4.78 is 5.21. The molecular formula is C12H19NO3. The topological polar surface area (TPSA) is 46.6 Å². The van der Waals surface area contributed by atoms with E-state index in [0.717, 1.165) is 19.5 Å². The first-order valence-corrected chi connectivity index (χ1v) is 6.02. The predicted octanol–water partition coefficient (Wildman–Crippen LogP) is 0.503. The summed E-state index contributed by atoms with van der Waals surface area (Å²) in [4.78, 5) is 25.3. The average molecular weight is 225 g/mol. The molecule has 2 rings (SSSR count). The number of carbonyl (C=O) groups is 2. The van der Waals surface area contributed by atoms with E-state index in [1.807, 2.05) is 6.92 Å².